The Kier molecular flexibility index (Phi) is 6.22. The van der Waals surface area contributed by atoms with Gasteiger partial charge in [0.25, 0.3) is 0 Å². The first kappa shape index (κ1) is 25.5. The summed E-state index contributed by atoms with van der Waals surface area (Å²) in [6.07, 6.45) is -9.90. The summed E-state index contributed by atoms with van der Waals surface area (Å²) in [6, 6.07) is 5.17. The summed E-state index contributed by atoms with van der Waals surface area (Å²) in [6.45, 7) is -0.705. The van der Waals surface area contributed by atoms with Crippen LogP contribution in [0.1, 0.15) is 17.0 Å². The SMILES string of the molecule is NC(=O)N1CC([C@@](CO)(CNc2cc(C(F)(F)F)nc3cc(C(F)(F)F)nn23)c2ccc(F)cc2)C1. The maximum absolute atomic E-state index is 13.6. The van der Waals surface area contributed by atoms with Crippen LogP contribution in [0, 0.1) is 11.7 Å². The van der Waals surface area contributed by atoms with E-state index in [1.54, 1.807) is 0 Å². The summed E-state index contributed by atoms with van der Waals surface area (Å²) in [5.41, 5.74) is 0.800. The van der Waals surface area contributed by atoms with Gasteiger partial charge in [-0.25, -0.2) is 14.2 Å². The van der Waals surface area contributed by atoms with E-state index in [1.807, 2.05) is 0 Å². The van der Waals surface area contributed by atoms with E-state index in [9.17, 15) is 40.6 Å². The Labute approximate surface area is 198 Å². The minimum Gasteiger partial charge on any atom is -0.395 e. The number of aromatic nitrogens is 3. The van der Waals surface area contributed by atoms with Crippen molar-refractivity contribution in [2.75, 3.05) is 31.6 Å². The molecule has 0 radical (unpaired) electrons. The lowest BCUT2D eigenvalue weighted by molar-refractivity contribution is -0.142. The second kappa shape index (κ2) is 8.80. The van der Waals surface area contributed by atoms with E-state index in [0.29, 0.717) is 22.2 Å². The number of nitrogens with two attached hydrogens (primary N) is 1. The molecule has 2 aromatic heterocycles. The molecule has 4 rings (SSSR count). The van der Waals surface area contributed by atoms with E-state index in [0.717, 1.165) is 12.1 Å². The van der Waals surface area contributed by atoms with Gasteiger partial charge in [0, 0.05) is 43.1 Å². The van der Waals surface area contributed by atoms with Crippen molar-refractivity contribution < 1.29 is 40.6 Å². The van der Waals surface area contributed by atoms with Gasteiger partial charge in [-0.2, -0.15) is 36.0 Å². The van der Waals surface area contributed by atoms with Crippen LogP contribution in [0.15, 0.2) is 36.4 Å². The summed E-state index contributed by atoms with van der Waals surface area (Å²) < 4.78 is 94.0. The van der Waals surface area contributed by atoms with Gasteiger partial charge in [-0.05, 0) is 17.7 Å². The van der Waals surface area contributed by atoms with Crippen molar-refractivity contribution in [1.29, 1.82) is 0 Å². The zero-order chi connectivity index (χ0) is 26.5. The summed E-state index contributed by atoms with van der Waals surface area (Å²) in [4.78, 5) is 16.0. The van der Waals surface area contributed by atoms with Crippen LogP contribution < -0.4 is 11.1 Å². The molecule has 0 saturated carbocycles. The van der Waals surface area contributed by atoms with Gasteiger partial charge in [0.05, 0.1) is 6.61 Å². The number of hydrogen-bond acceptors (Lipinski definition) is 5. The molecule has 1 aliphatic rings. The molecule has 194 valence electrons. The first-order valence-electron chi connectivity index (χ1n) is 10.4. The number of urea groups is 1. The fourth-order valence-electron chi connectivity index (χ4n) is 4.18. The summed E-state index contributed by atoms with van der Waals surface area (Å²) in [5.74, 6) is -1.50. The predicted molar refractivity (Wildman–Crippen MR) is 111 cm³/mol. The van der Waals surface area contributed by atoms with Crippen molar-refractivity contribution >= 4 is 17.5 Å². The van der Waals surface area contributed by atoms with Gasteiger partial charge in [-0.3, -0.25) is 0 Å². The molecular weight excluding hydrogens is 501 g/mol. The summed E-state index contributed by atoms with van der Waals surface area (Å²) in [5, 5.41) is 16.4. The van der Waals surface area contributed by atoms with Crippen LogP contribution in [0.25, 0.3) is 5.65 Å². The molecule has 0 spiro atoms. The van der Waals surface area contributed by atoms with Gasteiger partial charge in [0.15, 0.2) is 17.0 Å². The van der Waals surface area contributed by atoms with Gasteiger partial charge < -0.3 is 21.1 Å². The normalized spacial score (nSPS) is 16.6. The van der Waals surface area contributed by atoms with Crippen molar-refractivity contribution in [2.45, 2.75) is 17.8 Å². The Morgan fingerprint density at radius 1 is 1.06 bits per heavy atom. The molecule has 1 fully saturated rings. The molecule has 2 amide bonds. The quantitative estimate of drug-likeness (QED) is 0.433. The Hall–Kier alpha value is -3.62. The molecule has 3 aromatic rings. The maximum atomic E-state index is 13.6. The molecule has 8 nitrogen and oxygen atoms in total. The van der Waals surface area contributed by atoms with Crippen molar-refractivity contribution in [3.63, 3.8) is 0 Å². The minimum absolute atomic E-state index is 0.0918. The number of benzene rings is 1. The molecule has 1 aliphatic heterocycles. The fraction of sp³-hybridized carbons (Fsp3) is 0.381. The van der Waals surface area contributed by atoms with E-state index < -0.39 is 65.0 Å². The average molecular weight is 520 g/mol. The zero-order valence-electron chi connectivity index (χ0n) is 18.2. The van der Waals surface area contributed by atoms with Crippen LogP contribution in [0.5, 0.6) is 0 Å². The van der Waals surface area contributed by atoms with Crippen molar-refractivity contribution in [2.24, 2.45) is 11.7 Å². The third kappa shape index (κ3) is 4.62. The van der Waals surface area contributed by atoms with Crippen molar-refractivity contribution in [3.05, 3.63) is 59.2 Å². The smallest absolute Gasteiger partial charge is 0.395 e. The highest BCUT2D eigenvalue weighted by Gasteiger charge is 2.47. The number of anilines is 1. The number of carbonyl (C=O) groups excluding carboxylic acids is 1. The standard InChI is InChI=1S/C21H19F7N6O2/c22-13-3-1-11(2-4-13)19(10-35,12-7-33(8-12)18(29)36)9-30-16-5-14(20(23,24)25)31-17-6-15(21(26,27)28)32-34(16)17/h1-6,12,30,35H,7-10H2,(H2,29,36)/t19-/m1/s1. The average Bonchev–Trinajstić information content (AvgIpc) is 3.20. The van der Waals surface area contributed by atoms with E-state index in [1.165, 1.54) is 17.0 Å². The van der Waals surface area contributed by atoms with Gasteiger partial charge in [-0.1, -0.05) is 12.1 Å². The lowest BCUT2D eigenvalue weighted by Crippen LogP contribution is -2.62. The van der Waals surface area contributed by atoms with Crippen LogP contribution in [-0.2, 0) is 17.8 Å². The number of aliphatic hydroxyl groups is 1. The molecule has 1 atom stereocenters. The molecule has 36 heavy (non-hydrogen) atoms. The number of halogens is 7. The van der Waals surface area contributed by atoms with E-state index in [-0.39, 0.29) is 19.6 Å². The highest BCUT2D eigenvalue weighted by Crippen LogP contribution is 2.39. The molecule has 15 heteroatoms. The first-order chi connectivity index (χ1) is 16.7. The minimum atomic E-state index is -4.97. The summed E-state index contributed by atoms with van der Waals surface area (Å²) >= 11 is 0. The zero-order valence-corrected chi connectivity index (χ0v) is 18.2. The van der Waals surface area contributed by atoms with Crippen LogP contribution >= 0.6 is 0 Å². The number of alkyl halides is 6. The second-order valence-corrected chi connectivity index (χ2v) is 8.44. The Morgan fingerprint density at radius 2 is 1.67 bits per heavy atom. The molecule has 0 unspecified atom stereocenters. The highest BCUT2D eigenvalue weighted by atomic mass is 19.4. The van der Waals surface area contributed by atoms with Gasteiger partial charge >= 0.3 is 18.4 Å². The maximum Gasteiger partial charge on any atom is 0.435 e. The van der Waals surface area contributed by atoms with Crippen LogP contribution in [0.2, 0.25) is 0 Å². The number of likely N-dealkylation sites (tertiary alicyclic amines) is 1. The summed E-state index contributed by atoms with van der Waals surface area (Å²) in [7, 11) is 0. The molecular formula is C21H19F7N6O2. The Balaban J connectivity index is 1.76. The number of rotatable bonds is 6. The second-order valence-electron chi connectivity index (χ2n) is 8.44. The molecule has 3 heterocycles. The van der Waals surface area contributed by atoms with Crippen molar-refractivity contribution in [3.8, 4) is 0 Å². The fourth-order valence-corrected chi connectivity index (χ4v) is 4.18. The topological polar surface area (TPSA) is 109 Å². The lowest BCUT2D eigenvalue weighted by atomic mass is 9.67. The molecule has 1 aromatic carbocycles. The monoisotopic (exact) mass is 520 g/mol. The number of carbonyl (C=O) groups is 1. The van der Waals surface area contributed by atoms with E-state index in [4.69, 9.17) is 5.73 Å². The third-order valence-corrected chi connectivity index (χ3v) is 6.27. The van der Waals surface area contributed by atoms with E-state index in [2.05, 4.69) is 15.4 Å². The number of fused-ring (bicyclic) bond motifs is 1. The number of nitrogens with zero attached hydrogens (tertiary/aromatic N) is 4. The first-order valence-corrected chi connectivity index (χ1v) is 10.4. The Bertz CT molecular complexity index is 1270. The van der Waals surface area contributed by atoms with Crippen LogP contribution in [0.3, 0.4) is 0 Å². The van der Waals surface area contributed by atoms with Gasteiger partial charge in [-0.15, -0.1) is 0 Å². The number of hydrogen-bond donors (Lipinski definition) is 3. The number of aliphatic hydroxyl groups excluding tert-OH is 1. The molecule has 1 saturated heterocycles. The number of primary amides is 1. The molecule has 0 bridgehead atoms. The highest BCUT2D eigenvalue weighted by molar-refractivity contribution is 5.73. The number of amides is 2. The van der Waals surface area contributed by atoms with Crippen LogP contribution in [0.4, 0.5) is 41.3 Å². The van der Waals surface area contributed by atoms with Gasteiger partial charge in [0.1, 0.15) is 11.6 Å². The molecule has 4 N–H and O–H groups in total. The molecule has 0 aliphatic carbocycles. The predicted octanol–water partition coefficient (Wildman–Crippen LogP) is 3.26. The van der Waals surface area contributed by atoms with E-state index >= 15 is 0 Å². The van der Waals surface area contributed by atoms with Crippen molar-refractivity contribution in [1.82, 2.24) is 19.5 Å². The largest absolute Gasteiger partial charge is 0.435 e. The third-order valence-electron chi connectivity index (χ3n) is 6.27. The Morgan fingerprint density at radius 3 is 2.19 bits per heavy atom. The van der Waals surface area contributed by atoms with Gasteiger partial charge in [0.2, 0.25) is 0 Å². The number of nitrogens with one attached hydrogen (secondary N) is 1. The lowest BCUT2D eigenvalue weighted by Gasteiger charge is -2.49. The van der Waals surface area contributed by atoms with Crippen LogP contribution in [-0.4, -0.2) is 56.9 Å².